The van der Waals surface area contributed by atoms with Crippen molar-refractivity contribution in [3.8, 4) is 0 Å². The van der Waals surface area contributed by atoms with Gasteiger partial charge >= 0.3 is 0 Å². The molecule has 1 aliphatic heterocycles. The van der Waals surface area contributed by atoms with E-state index in [1.165, 1.54) is 0 Å². The number of likely N-dealkylation sites (tertiary alicyclic amines) is 1. The van der Waals surface area contributed by atoms with Gasteiger partial charge in [-0.3, -0.25) is 4.79 Å². The Morgan fingerprint density at radius 1 is 1.08 bits per heavy atom. The predicted octanol–water partition coefficient (Wildman–Crippen LogP) is 4.37. The fraction of sp³-hybridized carbons (Fsp3) is 0.381. The second-order valence-electron chi connectivity index (χ2n) is 7.26. The smallest absolute Gasteiger partial charge is 0.253 e. The van der Waals surface area contributed by atoms with Gasteiger partial charge in [-0.15, -0.1) is 10.2 Å². The van der Waals surface area contributed by atoms with Crippen molar-refractivity contribution in [2.75, 3.05) is 13.1 Å². The molecule has 1 fully saturated rings. The lowest BCUT2D eigenvalue weighted by Gasteiger charge is -2.30. The number of hydrogen-bond acceptors (Lipinski definition) is 4. The highest BCUT2D eigenvalue weighted by atomic mass is 16.4. The monoisotopic (exact) mass is 349 g/mol. The van der Waals surface area contributed by atoms with Crippen LogP contribution in [-0.2, 0) is 0 Å². The summed E-state index contributed by atoms with van der Waals surface area (Å²) in [5.41, 5.74) is 0.752. The van der Waals surface area contributed by atoms with Gasteiger partial charge in [-0.05, 0) is 35.7 Å². The Labute approximate surface area is 153 Å². The summed E-state index contributed by atoms with van der Waals surface area (Å²) in [5.74, 6) is 1.99. The second-order valence-corrected chi connectivity index (χ2v) is 7.26. The molecule has 3 aromatic rings. The summed E-state index contributed by atoms with van der Waals surface area (Å²) in [7, 11) is 0. The van der Waals surface area contributed by atoms with Gasteiger partial charge in [0.15, 0.2) is 0 Å². The van der Waals surface area contributed by atoms with Crippen molar-refractivity contribution in [2.45, 2.75) is 38.5 Å². The molecule has 0 unspecified atom stereocenters. The number of nitrogens with zero attached hydrogens (tertiary/aromatic N) is 3. The fourth-order valence-corrected chi connectivity index (χ4v) is 3.48. The fourth-order valence-electron chi connectivity index (χ4n) is 3.48. The van der Waals surface area contributed by atoms with E-state index in [-0.39, 0.29) is 17.7 Å². The van der Waals surface area contributed by atoms with Gasteiger partial charge < -0.3 is 9.32 Å². The molecular formula is C21H23N3O2. The highest BCUT2D eigenvalue weighted by molar-refractivity contribution is 5.98. The maximum atomic E-state index is 12.9. The largest absolute Gasteiger partial charge is 0.425 e. The molecule has 0 radical (unpaired) electrons. The molecule has 134 valence electrons. The molecule has 1 saturated heterocycles. The third-order valence-electron chi connectivity index (χ3n) is 5.08. The van der Waals surface area contributed by atoms with Crippen LogP contribution < -0.4 is 0 Å². The van der Waals surface area contributed by atoms with Crippen LogP contribution in [0.2, 0.25) is 0 Å². The summed E-state index contributed by atoms with van der Waals surface area (Å²) in [6, 6.07) is 14.0. The Kier molecular flexibility index (Phi) is 4.45. The van der Waals surface area contributed by atoms with Crippen molar-refractivity contribution in [1.82, 2.24) is 15.1 Å². The van der Waals surface area contributed by atoms with Gasteiger partial charge in [-0.2, -0.15) is 0 Å². The van der Waals surface area contributed by atoms with Crippen LogP contribution in [0.15, 0.2) is 46.9 Å². The van der Waals surface area contributed by atoms with Crippen molar-refractivity contribution in [1.29, 1.82) is 0 Å². The Morgan fingerprint density at radius 2 is 1.81 bits per heavy atom. The van der Waals surface area contributed by atoms with Crippen LogP contribution >= 0.6 is 0 Å². The average Bonchev–Trinajstić information content (AvgIpc) is 3.18. The predicted molar refractivity (Wildman–Crippen MR) is 100 cm³/mol. The Morgan fingerprint density at radius 3 is 2.50 bits per heavy atom. The minimum absolute atomic E-state index is 0.0996. The lowest BCUT2D eigenvalue weighted by Crippen LogP contribution is -2.38. The molecule has 5 heteroatoms. The van der Waals surface area contributed by atoms with E-state index in [2.05, 4.69) is 16.3 Å². The zero-order chi connectivity index (χ0) is 18.1. The normalized spacial score (nSPS) is 15.7. The first-order chi connectivity index (χ1) is 12.6. The molecule has 0 saturated carbocycles. The number of carbonyl (C=O) groups excluding carboxylic acids is 1. The van der Waals surface area contributed by atoms with Crippen molar-refractivity contribution in [2.24, 2.45) is 0 Å². The van der Waals surface area contributed by atoms with Crippen molar-refractivity contribution >= 4 is 16.7 Å². The molecule has 1 aromatic heterocycles. The number of amides is 1. The van der Waals surface area contributed by atoms with Crippen LogP contribution in [0.1, 0.15) is 60.7 Å². The molecule has 2 heterocycles. The summed E-state index contributed by atoms with van der Waals surface area (Å²) < 4.78 is 5.79. The van der Waals surface area contributed by atoms with Gasteiger partial charge in [-0.1, -0.05) is 44.2 Å². The zero-order valence-electron chi connectivity index (χ0n) is 15.2. The highest BCUT2D eigenvalue weighted by Gasteiger charge is 2.28. The Hall–Kier alpha value is -2.69. The minimum Gasteiger partial charge on any atom is -0.425 e. The molecule has 0 bridgehead atoms. The highest BCUT2D eigenvalue weighted by Crippen LogP contribution is 2.29. The molecule has 0 aliphatic carbocycles. The molecule has 1 amide bonds. The molecule has 0 atom stereocenters. The van der Waals surface area contributed by atoms with E-state index in [1.54, 1.807) is 0 Å². The van der Waals surface area contributed by atoms with E-state index in [0.29, 0.717) is 11.8 Å². The molecule has 0 spiro atoms. The van der Waals surface area contributed by atoms with Crippen LogP contribution in [-0.4, -0.2) is 34.1 Å². The first-order valence-electron chi connectivity index (χ1n) is 9.23. The molecule has 0 N–H and O–H groups in total. The van der Waals surface area contributed by atoms with E-state index in [4.69, 9.17) is 4.42 Å². The summed E-state index contributed by atoms with van der Waals surface area (Å²) in [6.45, 7) is 5.52. The topological polar surface area (TPSA) is 59.2 Å². The Bertz CT molecular complexity index is 924. The number of fused-ring (bicyclic) bond motifs is 1. The van der Waals surface area contributed by atoms with E-state index in [0.717, 1.165) is 42.3 Å². The van der Waals surface area contributed by atoms with Crippen LogP contribution in [0.4, 0.5) is 0 Å². The van der Waals surface area contributed by atoms with Gasteiger partial charge in [0.25, 0.3) is 5.91 Å². The minimum atomic E-state index is 0.0996. The molecule has 1 aliphatic rings. The Balaban J connectivity index is 1.44. The van der Waals surface area contributed by atoms with Crippen LogP contribution in [0.3, 0.4) is 0 Å². The molecule has 5 nitrogen and oxygen atoms in total. The first kappa shape index (κ1) is 16.8. The SMILES string of the molecule is CC(C)c1nnc(C2CCN(C(=O)c3ccc4ccccc4c3)CC2)o1. The summed E-state index contributed by atoms with van der Waals surface area (Å²) >= 11 is 0. The average molecular weight is 349 g/mol. The van der Waals surface area contributed by atoms with Gasteiger partial charge in [0.1, 0.15) is 0 Å². The maximum Gasteiger partial charge on any atom is 0.253 e. The number of hydrogen-bond donors (Lipinski definition) is 0. The third-order valence-corrected chi connectivity index (χ3v) is 5.08. The van der Waals surface area contributed by atoms with E-state index in [1.807, 2.05) is 55.1 Å². The maximum absolute atomic E-state index is 12.9. The number of benzene rings is 2. The van der Waals surface area contributed by atoms with Gasteiger partial charge in [-0.25, -0.2) is 0 Å². The lowest BCUT2D eigenvalue weighted by molar-refractivity contribution is 0.0706. The molecule has 2 aromatic carbocycles. The van der Waals surface area contributed by atoms with E-state index in [9.17, 15) is 4.79 Å². The van der Waals surface area contributed by atoms with Crippen molar-refractivity contribution < 1.29 is 9.21 Å². The summed E-state index contributed by atoms with van der Waals surface area (Å²) in [5, 5.41) is 10.6. The lowest BCUT2D eigenvalue weighted by atomic mass is 9.96. The van der Waals surface area contributed by atoms with Crippen molar-refractivity contribution in [3.63, 3.8) is 0 Å². The number of aromatic nitrogens is 2. The van der Waals surface area contributed by atoms with Crippen LogP contribution in [0.5, 0.6) is 0 Å². The van der Waals surface area contributed by atoms with Crippen molar-refractivity contribution in [3.05, 3.63) is 59.8 Å². The standard InChI is InChI=1S/C21H23N3O2/c1-14(2)19-22-23-20(26-19)16-9-11-24(12-10-16)21(25)18-8-7-15-5-3-4-6-17(15)13-18/h3-8,13-14,16H,9-12H2,1-2H3. The van der Waals surface area contributed by atoms with Gasteiger partial charge in [0, 0.05) is 30.5 Å². The number of carbonyl (C=O) groups is 1. The zero-order valence-corrected chi connectivity index (χ0v) is 15.2. The molecule has 26 heavy (non-hydrogen) atoms. The third kappa shape index (κ3) is 3.21. The quantitative estimate of drug-likeness (QED) is 0.705. The number of rotatable bonds is 3. The molecule has 4 rings (SSSR count). The van der Waals surface area contributed by atoms with E-state index < -0.39 is 0 Å². The van der Waals surface area contributed by atoms with Gasteiger partial charge in [0.2, 0.25) is 11.8 Å². The summed E-state index contributed by atoms with van der Waals surface area (Å²) in [6.07, 6.45) is 1.72. The second kappa shape index (κ2) is 6.90. The van der Waals surface area contributed by atoms with Gasteiger partial charge in [0.05, 0.1) is 0 Å². The van der Waals surface area contributed by atoms with Crippen LogP contribution in [0.25, 0.3) is 10.8 Å². The number of piperidine rings is 1. The summed E-state index contributed by atoms with van der Waals surface area (Å²) in [4.78, 5) is 14.8. The van der Waals surface area contributed by atoms with E-state index >= 15 is 0 Å². The first-order valence-corrected chi connectivity index (χ1v) is 9.23. The van der Waals surface area contributed by atoms with Crippen LogP contribution in [0, 0.1) is 0 Å². The molecular weight excluding hydrogens is 326 g/mol.